The number of carbonyl (C=O) groups is 2. The molecule has 0 saturated heterocycles. The number of aromatic nitrogens is 1. The Morgan fingerprint density at radius 1 is 1.39 bits per heavy atom. The van der Waals surface area contributed by atoms with Gasteiger partial charge in [-0.2, -0.15) is 0 Å². The number of aliphatic carboxylic acids is 1. The molecule has 0 radical (unpaired) electrons. The molecule has 0 unspecified atom stereocenters. The van der Waals surface area contributed by atoms with Crippen molar-refractivity contribution in [3.8, 4) is 0 Å². The van der Waals surface area contributed by atoms with Gasteiger partial charge >= 0.3 is 5.97 Å². The summed E-state index contributed by atoms with van der Waals surface area (Å²) in [7, 11) is -3.73. The van der Waals surface area contributed by atoms with Crippen LogP contribution in [0.15, 0.2) is 29.4 Å². The quantitative estimate of drug-likeness (QED) is 0.594. The third kappa shape index (κ3) is 5.95. The molecule has 0 bridgehead atoms. The molecule has 0 aliphatic heterocycles. The topological polar surface area (TPSA) is 125 Å². The van der Waals surface area contributed by atoms with Gasteiger partial charge in [0.15, 0.2) is 0 Å². The number of amides is 1. The zero-order valence-electron chi connectivity index (χ0n) is 13.0. The Kier molecular flexibility index (Phi) is 7.11. The van der Waals surface area contributed by atoms with Crippen LogP contribution in [-0.4, -0.2) is 43.0 Å². The first-order valence-corrected chi connectivity index (χ1v) is 8.68. The molecule has 128 valence electrons. The zero-order chi connectivity index (χ0) is 17.5. The summed E-state index contributed by atoms with van der Waals surface area (Å²) in [6.45, 7) is 3.43. The summed E-state index contributed by atoms with van der Waals surface area (Å²) in [5, 5.41) is 11.5. The minimum absolute atomic E-state index is 0.00317. The highest BCUT2D eigenvalue weighted by molar-refractivity contribution is 7.89. The molecule has 0 saturated carbocycles. The van der Waals surface area contributed by atoms with Crippen LogP contribution in [0.4, 0.5) is 0 Å². The van der Waals surface area contributed by atoms with E-state index in [-0.39, 0.29) is 23.8 Å². The number of pyridine rings is 1. The number of hydrogen-bond acceptors (Lipinski definition) is 5. The van der Waals surface area contributed by atoms with Crippen molar-refractivity contribution in [1.82, 2.24) is 15.0 Å². The molecule has 0 fully saturated rings. The number of hydrogen-bond donors (Lipinski definition) is 3. The molecule has 1 aromatic rings. The Hall–Kier alpha value is -2.00. The van der Waals surface area contributed by atoms with Gasteiger partial charge in [-0.15, -0.1) is 0 Å². The van der Waals surface area contributed by atoms with Gasteiger partial charge in [0, 0.05) is 25.4 Å². The maximum atomic E-state index is 11.9. The van der Waals surface area contributed by atoms with Gasteiger partial charge in [0.2, 0.25) is 15.9 Å². The van der Waals surface area contributed by atoms with E-state index in [2.05, 4.69) is 15.0 Å². The molecule has 9 heteroatoms. The van der Waals surface area contributed by atoms with Crippen LogP contribution in [0.1, 0.15) is 26.7 Å². The van der Waals surface area contributed by atoms with Crippen LogP contribution in [0.3, 0.4) is 0 Å². The molecular weight excluding hydrogens is 322 g/mol. The average Bonchev–Trinajstić information content (AvgIpc) is 2.52. The van der Waals surface area contributed by atoms with Crippen molar-refractivity contribution in [3.63, 3.8) is 0 Å². The fraction of sp³-hybridized carbons (Fsp3) is 0.500. The molecule has 1 heterocycles. The minimum atomic E-state index is -3.73. The maximum absolute atomic E-state index is 11.9. The molecule has 0 spiro atoms. The monoisotopic (exact) mass is 343 g/mol. The Morgan fingerprint density at radius 2 is 2.09 bits per heavy atom. The van der Waals surface area contributed by atoms with Crippen molar-refractivity contribution in [2.45, 2.75) is 37.6 Å². The van der Waals surface area contributed by atoms with E-state index in [0.717, 1.165) is 0 Å². The molecule has 23 heavy (non-hydrogen) atoms. The van der Waals surface area contributed by atoms with E-state index >= 15 is 0 Å². The first kappa shape index (κ1) is 19.0. The molecule has 1 aromatic heterocycles. The fourth-order valence-corrected chi connectivity index (χ4v) is 2.81. The highest BCUT2D eigenvalue weighted by Crippen LogP contribution is 2.08. The van der Waals surface area contributed by atoms with Gasteiger partial charge in [-0.05, 0) is 18.1 Å². The van der Waals surface area contributed by atoms with Gasteiger partial charge < -0.3 is 10.4 Å². The Morgan fingerprint density at radius 3 is 2.61 bits per heavy atom. The number of carboxylic acids is 1. The molecule has 0 aliphatic carbocycles. The number of nitrogens with zero attached hydrogens (tertiary/aromatic N) is 1. The number of carboxylic acid groups (broad SMARTS) is 1. The molecule has 2 atom stereocenters. The molecular formula is C14H21N3O5S. The van der Waals surface area contributed by atoms with Crippen LogP contribution < -0.4 is 10.0 Å². The summed E-state index contributed by atoms with van der Waals surface area (Å²) < 4.78 is 26.1. The van der Waals surface area contributed by atoms with Crippen LogP contribution in [0.2, 0.25) is 0 Å². The van der Waals surface area contributed by atoms with Crippen LogP contribution >= 0.6 is 0 Å². The molecule has 0 aromatic carbocycles. The maximum Gasteiger partial charge on any atom is 0.326 e. The van der Waals surface area contributed by atoms with Gasteiger partial charge in [-0.3, -0.25) is 9.78 Å². The van der Waals surface area contributed by atoms with Crippen molar-refractivity contribution < 1.29 is 23.1 Å². The Labute approximate surface area is 135 Å². The lowest BCUT2D eigenvalue weighted by molar-refractivity contribution is -0.143. The summed E-state index contributed by atoms with van der Waals surface area (Å²) in [4.78, 5) is 26.6. The molecule has 8 nitrogen and oxygen atoms in total. The van der Waals surface area contributed by atoms with Gasteiger partial charge in [0.25, 0.3) is 0 Å². The van der Waals surface area contributed by atoms with Crippen molar-refractivity contribution in [2.75, 3.05) is 6.54 Å². The largest absolute Gasteiger partial charge is 0.480 e. The normalized spacial score (nSPS) is 14.0. The van der Waals surface area contributed by atoms with E-state index in [1.807, 2.05) is 6.92 Å². The van der Waals surface area contributed by atoms with Crippen molar-refractivity contribution in [3.05, 3.63) is 24.5 Å². The second kappa shape index (κ2) is 8.59. The summed E-state index contributed by atoms with van der Waals surface area (Å²) in [5.74, 6) is -1.85. The van der Waals surface area contributed by atoms with Crippen LogP contribution in [0.5, 0.6) is 0 Å². The van der Waals surface area contributed by atoms with Crippen LogP contribution in [0, 0.1) is 5.92 Å². The lowest BCUT2D eigenvalue weighted by atomic mass is 9.99. The van der Waals surface area contributed by atoms with Gasteiger partial charge in [0.1, 0.15) is 10.9 Å². The highest BCUT2D eigenvalue weighted by Gasteiger charge is 2.25. The fourth-order valence-electron chi connectivity index (χ4n) is 1.82. The van der Waals surface area contributed by atoms with Gasteiger partial charge in [0.05, 0.1) is 0 Å². The number of nitrogens with one attached hydrogen (secondary N) is 2. The summed E-state index contributed by atoms with van der Waals surface area (Å²) >= 11 is 0. The lowest BCUT2D eigenvalue weighted by Gasteiger charge is -2.20. The highest BCUT2D eigenvalue weighted by atomic mass is 32.2. The van der Waals surface area contributed by atoms with Gasteiger partial charge in [-0.1, -0.05) is 20.3 Å². The van der Waals surface area contributed by atoms with E-state index < -0.39 is 27.9 Å². The average molecular weight is 343 g/mol. The van der Waals surface area contributed by atoms with Crippen molar-refractivity contribution in [2.24, 2.45) is 5.92 Å². The molecule has 1 amide bonds. The third-order valence-corrected chi connectivity index (χ3v) is 4.83. The van der Waals surface area contributed by atoms with E-state index in [9.17, 15) is 18.0 Å². The summed E-state index contributed by atoms with van der Waals surface area (Å²) in [6, 6.07) is 1.89. The predicted octanol–water partition coefficient (Wildman–Crippen LogP) is 0.366. The number of sulfonamides is 1. The van der Waals surface area contributed by atoms with E-state index in [4.69, 9.17) is 5.11 Å². The SMILES string of the molecule is CC[C@H](C)[C@H](NC(=O)CCNS(=O)(=O)c1cccnc1)C(=O)O. The second-order valence-electron chi connectivity index (χ2n) is 5.11. The number of rotatable bonds is 9. The predicted molar refractivity (Wildman–Crippen MR) is 83.1 cm³/mol. The molecule has 3 N–H and O–H groups in total. The zero-order valence-corrected chi connectivity index (χ0v) is 13.8. The molecule has 0 aliphatic rings. The van der Waals surface area contributed by atoms with E-state index in [0.29, 0.717) is 6.42 Å². The Balaban J connectivity index is 2.52. The van der Waals surface area contributed by atoms with Crippen molar-refractivity contribution >= 4 is 21.9 Å². The smallest absolute Gasteiger partial charge is 0.326 e. The van der Waals surface area contributed by atoms with Gasteiger partial charge in [-0.25, -0.2) is 17.9 Å². The second-order valence-corrected chi connectivity index (χ2v) is 6.87. The third-order valence-electron chi connectivity index (χ3n) is 3.38. The Bertz CT molecular complexity index is 633. The first-order chi connectivity index (χ1) is 10.8. The summed E-state index contributed by atoms with van der Waals surface area (Å²) in [5.41, 5.74) is 0. The van der Waals surface area contributed by atoms with Crippen molar-refractivity contribution in [1.29, 1.82) is 0 Å². The van der Waals surface area contributed by atoms with E-state index in [1.165, 1.54) is 24.5 Å². The van der Waals surface area contributed by atoms with Crippen LogP contribution in [0.25, 0.3) is 0 Å². The van der Waals surface area contributed by atoms with Crippen LogP contribution in [-0.2, 0) is 19.6 Å². The molecule has 1 rings (SSSR count). The lowest BCUT2D eigenvalue weighted by Crippen LogP contribution is -2.45. The summed E-state index contributed by atoms with van der Waals surface area (Å²) in [6.07, 6.45) is 3.10. The minimum Gasteiger partial charge on any atom is -0.480 e. The standard InChI is InChI=1S/C14H21N3O5S/c1-3-10(2)13(14(19)20)17-12(18)6-8-16-23(21,22)11-5-4-7-15-9-11/h4-5,7,9-10,13,16H,3,6,8H2,1-2H3,(H,17,18)(H,19,20)/t10-,13-/m0/s1. The number of carbonyl (C=O) groups excluding carboxylic acids is 1. The first-order valence-electron chi connectivity index (χ1n) is 7.19. The van der Waals surface area contributed by atoms with E-state index in [1.54, 1.807) is 6.92 Å².